The molecule has 2 fully saturated rings. The number of aliphatic hydroxyl groups is 7. The molecule has 2 aliphatic rings. The van der Waals surface area contributed by atoms with Gasteiger partial charge in [0.1, 0.15) is 67.6 Å². The van der Waals surface area contributed by atoms with Gasteiger partial charge in [0.15, 0.2) is 6.29 Å². The molecule has 1 amide bonds. The van der Waals surface area contributed by atoms with Crippen LogP contribution >= 0.6 is 0 Å². The molecule has 10 atom stereocenters. The van der Waals surface area contributed by atoms with Crippen molar-refractivity contribution in [1.82, 2.24) is 5.32 Å². The summed E-state index contributed by atoms with van der Waals surface area (Å²) in [6, 6.07) is 7.55. The fourth-order valence-corrected chi connectivity index (χ4v) is 4.38. The molecule has 2 heterocycles. The van der Waals surface area contributed by atoms with Crippen molar-refractivity contribution in [2.45, 2.75) is 93.6 Å². The first-order valence-electron chi connectivity index (χ1n) is 13.0. The van der Waals surface area contributed by atoms with Crippen LogP contribution in [0, 0.1) is 0 Å². The largest absolute Gasteiger partial charge is 0.461 e. The highest BCUT2D eigenvalue weighted by atomic mass is 16.8. The number of alkyl carbamates (subject to hydrolysis) is 1. The smallest absolute Gasteiger partial charge is 0.408 e. The van der Waals surface area contributed by atoms with Gasteiger partial charge in [-0.3, -0.25) is 0 Å². The first-order chi connectivity index (χ1) is 19.2. The minimum absolute atomic E-state index is 0.0381. The molecule has 0 saturated carbocycles. The third-order valence-corrected chi connectivity index (χ3v) is 6.54. The van der Waals surface area contributed by atoms with Gasteiger partial charge in [0.2, 0.25) is 5.79 Å². The van der Waals surface area contributed by atoms with Crippen molar-refractivity contribution in [3.05, 3.63) is 35.9 Å². The SMILES string of the molecule is CC(C)(C)OC(=O)N[C@@H](Cc1ccccc1)C(=O)OC[C@H]1O[C@@](CO)(O[C@H]2O[C@H](CO)[C@@H](O)[C@H](O)[C@H]2O)[C@@H](O)[C@@H]1O. The summed E-state index contributed by atoms with van der Waals surface area (Å²) in [5.41, 5.74) is -0.136. The molecule has 15 nitrogen and oxygen atoms in total. The number of esters is 1. The number of hydrogen-bond acceptors (Lipinski definition) is 14. The molecule has 0 aliphatic carbocycles. The van der Waals surface area contributed by atoms with E-state index in [1.165, 1.54) is 0 Å². The van der Waals surface area contributed by atoms with E-state index >= 15 is 0 Å². The van der Waals surface area contributed by atoms with Crippen molar-refractivity contribution >= 4 is 12.1 Å². The Kier molecular flexibility index (Phi) is 11.0. The van der Waals surface area contributed by atoms with Crippen LogP contribution in [0.25, 0.3) is 0 Å². The van der Waals surface area contributed by atoms with Crippen LogP contribution in [0.15, 0.2) is 30.3 Å². The zero-order valence-corrected chi connectivity index (χ0v) is 22.9. The zero-order chi connectivity index (χ0) is 30.5. The topological polar surface area (TPSA) is 234 Å². The number of rotatable bonds is 10. The number of carbonyl (C=O) groups excluding carboxylic acids is 2. The molecule has 0 aromatic heterocycles. The van der Waals surface area contributed by atoms with Crippen LogP contribution in [0.1, 0.15) is 26.3 Å². The number of nitrogens with one attached hydrogen (secondary N) is 1. The monoisotopic (exact) mass is 589 g/mol. The highest BCUT2D eigenvalue weighted by molar-refractivity contribution is 5.81. The van der Waals surface area contributed by atoms with Gasteiger partial charge in [-0.25, -0.2) is 9.59 Å². The summed E-state index contributed by atoms with van der Waals surface area (Å²) in [6.07, 6.45) is -14.6. The van der Waals surface area contributed by atoms with Crippen molar-refractivity contribution in [2.24, 2.45) is 0 Å². The molecule has 232 valence electrons. The maximum absolute atomic E-state index is 13.0. The highest BCUT2D eigenvalue weighted by Crippen LogP contribution is 2.36. The molecule has 0 bridgehead atoms. The van der Waals surface area contributed by atoms with E-state index in [-0.39, 0.29) is 6.42 Å². The molecule has 41 heavy (non-hydrogen) atoms. The number of carbonyl (C=O) groups is 2. The van der Waals surface area contributed by atoms with Gasteiger partial charge in [0.05, 0.1) is 6.61 Å². The van der Waals surface area contributed by atoms with Gasteiger partial charge >= 0.3 is 12.1 Å². The molecule has 0 spiro atoms. The maximum Gasteiger partial charge on any atom is 0.408 e. The summed E-state index contributed by atoms with van der Waals surface area (Å²) in [5, 5.41) is 73.4. The van der Waals surface area contributed by atoms with Gasteiger partial charge in [-0.05, 0) is 26.3 Å². The molecule has 0 radical (unpaired) electrons. The van der Waals surface area contributed by atoms with Gasteiger partial charge in [-0.15, -0.1) is 0 Å². The van der Waals surface area contributed by atoms with Crippen molar-refractivity contribution in [1.29, 1.82) is 0 Å². The van der Waals surface area contributed by atoms with E-state index in [9.17, 15) is 45.3 Å². The Bertz CT molecular complexity index is 1000. The molecule has 1 aromatic carbocycles. The average Bonchev–Trinajstić information content (AvgIpc) is 3.16. The van der Waals surface area contributed by atoms with Crippen LogP contribution < -0.4 is 5.32 Å². The zero-order valence-electron chi connectivity index (χ0n) is 22.9. The molecule has 0 unspecified atom stereocenters. The van der Waals surface area contributed by atoms with E-state index in [1.807, 2.05) is 0 Å². The second kappa shape index (κ2) is 13.7. The van der Waals surface area contributed by atoms with Gasteiger partial charge in [0.25, 0.3) is 0 Å². The van der Waals surface area contributed by atoms with Crippen LogP contribution in [-0.2, 0) is 34.9 Å². The number of benzene rings is 1. The molecule has 2 saturated heterocycles. The molecular formula is C26H39NO14. The quantitative estimate of drug-likeness (QED) is 0.130. The number of ether oxygens (including phenoxy) is 5. The summed E-state index contributed by atoms with van der Waals surface area (Å²) >= 11 is 0. The minimum atomic E-state index is -2.41. The van der Waals surface area contributed by atoms with E-state index in [4.69, 9.17) is 23.7 Å². The minimum Gasteiger partial charge on any atom is -0.461 e. The lowest BCUT2D eigenvalue weighted by atomic mass is 9.99. The summed E-state index contributed by atoms with van der Waals surface area (Å²) in [7, 11) is 0. The maximum atomic E-state index is 13.0. The molecular weight excluding hydrogens is 550 g/mol. The lowest BCUT2D eigenvalue weighted by Crippen LogP contribution is -2.62. The molecule has 1 aromatic rings. The molecule has 2 aliphatic heterocycles. The number of aliphatic hydroxyl groups excluding tert-OH is 7. The van der Waals surface area contributed by atoms with E-state index in [1.54, 1.807) is 51.1 Å². The summed E-state index contributed by atoms with van der Waals surface area (Å²) in [5.74, 6) is -3.33. The summed E-state index contributed by atoms with van der Waals surface area (Å²) in [6.45, 7) is 2.46. The number of amides is 1. The first-order valence-corrected chi connectivity index (χ1v) is 13.0. The van der Waals surface area contributed by atoms with Crippen LogP contribution in [0.3, 0.4) is 0 Å². The Morgan fingerprint density at radius 2 is 1.63 bits per heavy atom. The Labute approximate surface area is 236 Å². The summed E-state index contributed by atoms with van der Waals surface area (Å²) in [4.78, 5) is 25.4. The number of hydrogen-bond donors (Lipinski definition) is 8. The van der Waals surface area contributed by atoms with E-state index < -0.39 is 98.3 Å². The molecule has 3 rings (SSSR count). The van der Waals surface area contributed by atoms with Crippen molar-refractivity contribution in [2.75, 3.05) is 19.8 Å². The normalized spacial score (nSPS) is 34.6. The Morgan fingerprint density at radius 3 is 2.22 bits per heavy atom. The van der Waals surface area contributed by atoms with Crippen LogP contribution in [0.5, 0.6) is 0 Å². The second-order valence-electron chi connectivity index (χ2n) is 10.9. The standard InChI is InChI=1S/C26H39NO14/c1-25(2,3)41-24(36)27-14(9-13-7-5-4-6-8-13)22(35)37-11-16-18(31)21(34)26(12-29,39-16)40-23-20(33)19(32)17(30)15(10-28)38-23/h4-8,14-21,23,28-34H,9-12H2,1-3H3,(H,27,36)/t14-,15+,16+,17+,18+,19-,20+,21-,23+,26-/m0/s1. The third-order valence-electron chi connectivity index (χ3n) is 6.54. The van der Waals surface area contributed by atoms with E-state index in [0.29, 0.717) is 5.56 Å². The van der Waals surface area contributed by atoms with Crippen molar-refractivity contribution < 1.29 is 69.0 Å². The van der Waals surface area contributed by atoms with Crippen LogP contribution in [0.4, 0.5) is 4.79 Å². The fraction of sp³-hybridized carbons (Fsp3) is 0.692. The lowest BCUT2D eigenvalue weighted by Gasteiger charge is -2.43. The van der Waals surface area contributed by atoms with Gasteiger partial charge in [0, 0.05) is 6.42 Å². The van der Waals surface area contributed by atoms with Crippen LogP contribution in [-0.4, -0.2) is 134 Å². The average molecular weight is 590 g/mol. The van der Waals surface area contributed by atoms with Crippen LogP contribution in [0.2, 0.25) is 0 Å². The fourth-order valence-electron chi connectivity index (χ4n) is 4.38. The lowest BCUT2D eigenvalue weighted by molar-refractivity contribution is -0.383. The van der Waals surface area contributed by atoms with E-state index in [2.05, 4.69) is 5.32 Å². The Balaban J connectivity index is 1.69. The summed E-state index contributed by atoms with van der Waals surface area (Å²) < 4.78 is 26.8. The first kappa shape index (κ1) is 33.1. The Hall–Kier alpha value is -2.44. The highest BCUT2D eigenvalue weighted by Gasteiger charge is 2.58. The predicted molar refractivity (Wildman–Crippen MR) is 136 cm³/mol. The van der Waals surface area contributed by atoms with Gasteiger partial charge in [-0.2, -0.15) is 0 Å². The molecule has 15 heteroatoms. The van der Waals surface area contributed by atoms with Gasteiger partial charge < -0.3 is 64.7 Å². The van der Waals surface area contributed by atoms with Gasteiger partial charge in [-0.1, -0.05) is 30.3 Å². The third kappa shape index (κ3) is 8.10. The predicted octanol–water partition coefficient (Wildman–Crippen LogP) is -2.71. The van der Waals surface area contributed by atoms with E-state index in [0.717, 1.165) is 0 Å². The Morgan fingerprint density at radius 1 is 0.976 bits per heavy atom. The molecule has 8 N–H and O–H groups in total. The second-order valence-corrected chi connectivity index (χ2v) is 10.9. The van der Waals surface area contributed by atoms with Crippen molar-refractivity contribution in [3.8, 4) is 0 Å². The van der Waals surface area contributed by atoms with Crippen molar-refractivity contribution in [3.63, 3.8) is 0 Å².